The molecule has 1 heterocycles. The molecule has 0 aromatic heterocycles. The first-order chi connectivity index (χ1) is 8.52. The maximum absolute atomic E-state index is 11.5. The topological polar surface area (TPSA) is 59.0 Å². The summed E-state index contributed by atoms with van der Waals surface area (Å²) in [5.74, 6) is -0.199. The number of hydrogen-bond donors (Lipinski definition) is 1. The second-order valence-electron chi connectivity index (χ2n) is 5.16. The third kappa shape index (κ3) is 5.33. The fourth-order valence-corrected chi connectivity index (χ4v) is 2.23. The molecule has 0 amide bonds. The van der Waals surface area contributed by atoms with Crippen LogP contribution in [0.2, 0.25) is 0 Å². The van der Waals surface area contributed by atoms with E-state index in [1.165, 1.54) is 7.11 Å². The molecule has 2 atom stereocenters. The van der Waals surface area contributed by atoms with Crippen LogP contribution in [-0.4, -0.2) is 61.5 Å². The number of rotatable bonds is 6. The largest absolute Gasteiger partial charge is 0.469 e. The van der Waals surface area contributed by atoms with Crippen molar-refractivity contribution in [1.82, 2.24) is 4.90 Å². The Morgan fingerprint density at radius 2 is 2.22 bits per heavy atom. The molecule has 0 spiro atoms. The van der Waals surface area contributed by atoms with Crippen molar-refractivity contribution in [2.24, 2.45) is 5.92 Å². The second kappa shape index (κ2) is 7.71. The minimum atomic E-state index is -0.496. The Kier molecular flexibility index (Phi) is 6.60. The number of carbonyl (C=O) groups is 1. The third-order valence-corrected chi connectivity index (χ3v) is 3.13. The number of nitrogens with zero attached hydrogens (tertiary/aromatic N) is 1. The van der Waals surface area contributed by atoms with Crippen molar-refractivity contribution in [3.63, 3.8) is 0 Å². The molecule has 0 aliphatic carbocycles. The van der Waals surface area contributed by atoms with Crippen LogP contribution in [0.3, 0.4) is 0 Å². The number of hydrogen-bond acceptors (Lipinski definition) is 5. The molecule has 0 bridgehead atoms. The molecular weight excluding hydrogens is 234 g/mol. The Labute approximate surface area is 109 Å². The van der Waals surface area contributed by atoms with Crippen LogP contribution in [0.5, 0.6) is 0 Å². The van der Waals surface area contributed by atoms with Crippen molar-refractivity contribution in [3.8, 4) is 0 Å². The SMILES string of the molecule is COC(=O)[C@H]1CCCN(CC(O)COC(C)C)C1. The Morgan fingerprint density at radius 3 is 2.83 bits per heavy atom. The van der Waals surface area contributed by atoms with Crippen molar-refractivity contribution in [2.75, 3.05) is 33.4 Å². The Balaban J connectivity index is 2.31. The van der Waals surface area contributed by atoms with Crippen molar-refractivity contribution in [2.45, 2.75) is 38.9 Å². The zero-order valence-corrected chi connectivity index (χ0v) is 11.6. The summed E-state index contributed by atoms with van der Waals surface area (Å²) < 4.78 is 10.1. The first-order valence-electron chi connectivity index (χ1n) is 6.62. The first-order valence-corrected chi connectivity index (χ1v) is 6.62. The lowest BCUT2D eigenvalue weighted by molar-refractivity contribution is -0.147. The predicted molar refractivity (Wildman–Crippen MR) is 68.3 cm³/mol. The summed E-state index contributed by atoms with van der Waals surface area (Å²) in [6.45, 7) is 6.39. The molecule has 5 nitrogen and oxygen atoms in total. The van der Waals surface area contributed by atoms with Gasteiger partial charge in [0.05, 0.1) is 31.8 Å². The lowest BCUT2D eigenvalue weighted by Gasteiger charge is -2.32. The van der Waals surface area contributed by atoms with Crippen LogP contribution in [0, 0.1) is 5.92 Å². The lowest BCUT2D eigenvalue weighted by atomic mass is 9.98. The quantitative estimate of drug-likeness (QED) is 0.710. The van der Waals surface area contributed by atoms with E-state index in [2.05, 4.69) is 4.90 Å². The summed E-state index contributed by atoms with van der Waals surface area (Å²) in [6, 6.07) is 0. The van der Waals surface area contributed by atoms with Crippen LogP contribution >= 0.6 is 0 Å². The van der Waals surface area contributed by atoms with Crippen LogP contribution in [0.4, 0.5) is 0 Å². The van der Waals surface area contributed by atoms with Crippen LogP contribution in [0.25, 0.3) is 0 Å². The number of β-amino-alcohol motifs (C(OH)–C–C–N with tert-alkyl or cyclic N) is 1. The summed E-state index contributed by atoms with van der Waals surface area (Å²) in [6.07, 6.45) is 1.48. The molecule has 0 radical (unpaired) electrons. The molecule has 1 N–H and O–H groups in total. The van der Waals surface area contributed by atoms with Gasteiger partial charge in [-0.05, 0) is 33.2 Å². The molecule has 18 heavy (non-hydrogen) atoms. The van der Waals surface area contributed by atoms with E-state index >= 15 is 0 Å². The number of likely N-dealkylation sites (tertiary alicyclic amines) is 1. The van der Waals surface area contributed by atoms with Crippen molar-refractivity contribution in [1.29, 1.82) is 0 Å². The smallest absolute Gasteiger partial charge is 0.309 e. The molecule has 1 aliphatic rings. The maximum atomic E-state index is 11.5. The Hall–Kier alpha value is -0.650. The van der Waals surface area contributed by atoms with E-state index in [9.17, 15) is 9.90 Å². The van der Waals surface area contributed by atoms with Gasteiger partial charge in [-0.15, -0.1) is 0 Å². The van der Waals surface area contributed by atoms with Crippen LogP contribution < -0.4 is 0 Å². The van der Waals surface area contributed by atoms with Gasteiger partial charge in [-0.3, -0.25) is 9.69 Å². The third-order valence-electron chi connectivity index (χ3n) is 3.13. The zero-order valence-electron chi connectivity index (χ0n) is 11.6. The van der Waals surface area contributed by atoms with E-state index < -0.39 is 6.10 Å². The average Bonchev–Trinajstić information content (AvgIpc) is 2.35. The van der Waals surface area contributed by atoms with Gasteiger partial charge in [-0.25, -0.2) is 0 Å². The van der Waals surface area contributed by atoms with E-state index in [4.69, 9.17) is 9.47 Å². The second-order valence-corrected chi connectivity index (χ2v) is 5.16. The average molecular weight is 259 g/mol. The number of aliphatic hydroxyl groups excluding tert-OH is 1. The summed E-state index contributed by atoms with van der Waals surface area (Å²) >= 11 is 0. The highest BCUT2D eigenvalue weighted by Gasteiger charge is 2.27. The minimum absolute atomic E-state index is 0.0537. The number of carbonyl (C=O) groups excluding carboxylic acids is 1. The summed E-state index contributed by atoms with van der Waals surface area (Å²) in [5, 5.41) is 9.85. The Morgan fingerprint density at radius 1 is 1.50 bits per heavy atom. The molecule has 0 saturated carbocycles. The van der Waals surface area contributed by atoms with Crippen LogP contribution in [-0.2, 0) is 14.3 Å². The molecular formula is C13H25NO4. The van der Waals surface area contributed by atoms with Gasteiger partial charge in [0, 0.05) is 13.1 Å². The lowest BCUT2D eigenvalue weighted by Crippen LogP contribution is -2.43. The number of aliphatic hydroxyl groups is 1. The van der Waals surface area contributed by atoms with Gasteiger partial charge in [0.25, 0.3) is 0 Å². The molecule has 1 rings (SSSR count). The fourth-order valence-electron chi connectivity index (χ4n) is 2.23. The highest BCUT2D eigenvalue weighted by atomic mass is 16.5. The number of esters is 1. The van der Waals surface area contributed by atoms with E-state index in [1.54, 1.807) is 0 Å². The molecule has 1 unspecified atom stereocenters. The van der Waals surface area contributed by atoms with Gasteiger partial charge in [-0.2, -0.15) is 0 Å². The minimum Gasteiger partial charge on any atom is -0.469 e. The normalized spacial score (nSPS) is 23.1. The molecule has 1 fully saturated rings. The molecule has 106 valence electrons. The Bertz CT molecular complexity index is 257. The van der Waals surface area contributed by atoms with Gasteiger partial charge in [0.1, 0.15) is 0 Å². The maximum Gasteiger partial charge on any atom is 0.309 e. The standard InChI is InChI=1S/C13H25NO4/c1-10(2)18-9-12(15)8-14-6-4-5-11(7-14)13(16)17-3/h10-12,15H,4-9H2,1-3H3/t11-,12?/m0/s1. The highest BCUT2D eigenvalue weighted by molar-refractivity contribution is 5.72. The molecule has 1 saturated heterocycles. The van der Waals surface area contributed by atoms with Gasteiger partial charge >= 0.3 is 5.97 Å². The van der Waals surface area contributed by atoms with E-state index in [0.717, 1.165) is 19.4 Å². The van der Waals surface area contributed by atoms with Crippen molar-refractivity contribution in [3.05, 3.63) is 0 Å². The van der Waals surface area contributed by atoms with Crippen LogP contribution in [0.15, 0.2) is 0 Å². The van der Waals surface area contributed by atoms with Crippen LogP contribution in [0.1, 0.15) is 26.7 Å². The molecule has 5 heteroatoms. The number of methoxy groups -OCH3 is 1. The highest BCUT2D eigenvalue weighted by Crippen LogP contribution is 2.17. The van der Waals surface area contributed by atoms with Gasteiger partial charge in [0.2, 0.25) is 0 Å². The van der Waals surface area contributed by atoms with Crippen molar-refractivity contribution < 1.29 is 19.4 Å². The monoisotopic (exact) mass is 259 g/mol. The fraction of sp³-hybridized carbons (Fsp3) is 0.923. The summed E-state index contributed by atoms with van der Waals surface area (Å²) in [5.41, 5.74) is 0. The van der Waals surface area contributed by atoms with Gasteiger partial charge in [0.15, 0.2) is 0 Å². The molecule has 1 aliphatic heterocycles. The van der Waals surface area contributed by atoms with E-state index in [0.29, 0.717) is 19.7 Å². The zero-order chi connectivity index (χ0) is 13.5. The number of piperidine rings is 1. The summed E-state index contributed by atoms with van der Waals surface area (Å²) in [4.78, 5) is 13.6. The first kappa shape index (κ1) is 15.4. The van der Waals surface area contributed by atoms with E-state index in [1.807, 2.05) is 13.8 Å². The molecule has 0 aromatic rings. The predicted octanol–water partition coefficient (Wildman–Crippen LogP) is 0.657. The van der Waals surface area contributed by atoms with Gasteiger partial charge in [-0.1, -0.05) is 0 Å². The van der Waals surface area contributed by atoms with Gasteiger partial charge < -0.3 is 14.6 Å². The number of ether oxygens (including phenoxy) is 2. The van der Waals surface area contributed by atoms with Crippen molar-refractivity contribution >= 4 is 5.97 Å². The van der Waals surface area contributed by atoms with E-state index in [-0.39, 0.29) is 18.0 Å². The molecule has 0 aromatic carbocycles. The summed E-state index contributed by atoms with van der Waals surface area (Å²) in [7, 11) is 1.42.